The molecule has 0 aliphatic heterocycles. The predicted octanol–water partition coefficient (Wildman–Crippen LogP) is 4.63. The maximum Gasteiger partial charge on any atom is 0.123 e. The third kappa shape index (κ3) is 4.59. The van der Waals surface area contributed by atoms with E-state index >= 15 is 0 Å². The van der Waals surface area contributed by atoms with Crippen molar-refractivity contribution in [3.05, 3.63) is 35.1 Å². The highest BCUT2D eigenvalue weighted by molar-refractivity contribution is 5.27. The topological polar surface area (TPSA) is 12.0 Å². The van der Waals surface area contributed by atoms with Gasteiger partial charge in [-0.1, -0.05) is 38.7 Å². The molecular weight excluding hydrogens is 249 g/mol. The second kappa shape index (κ2) is 7.78. The van der Waals surface area contributed by atoms with Gasteiger partial charge in [-0.05, 0) is 61.9 Å². The number of halogens is 1. The highest BCUT2D eigenvalue weighted by atomic mass is 19.1. The van der Waals surface area contributed by atoms with E-state index in [-0.39, 0.29) is 5.82 Å². The number of nitrogens with one attached hydrogen (secondary N) is 1. The molecule has 1 saturated carbocycles. The minimum atomic E-state index is -0.110. The first-order chi connectivity index (χ1) is 9.69. The van der Waals surface area contributed by atoms with Crippen LogP contribution < -0.4 is 5.32 Å². The molecule has 1 fully saturated rings. The Morgan fingerprint density at radius 1 is 1.30 bits per heavy atom. The van der Waals surface area contributed by atoms with Crippen molar-refractivity contribution in [3.8, 4) is 0 Å². The van der Waals surface area contributed by atoms with E-state index in [1.165, 1.54) is 37.7 Å². The van der Waals surface area contributed by atoms with Crippen molar-refractivity contribution in [2.45, 2.75) is 64.8 Å². The van der Waals surface area contributed by atoms with Gasteiger partial charge in [0.15, 0.2) is 0 Å². The van der Waals surface area contributed by atoms with Gasteiger partial charge in [0.1, 0.15) is 5.82 Å². The summed E-state index contributed by atoms with van der Waals surface area (Å²) < 4.78 is 13.4. The van der Waals surface area contributed by atoms with Crippen molar-refractivity contribution in [1.29, 1.82) is 0 Å². The monoisotopic (exact) mass is 277 g/mol. The molecule has 2 rings (SSSR count). The molecule has 1 aliphatic rings. The maximum atomic E-state index is 13.4. The molecule has 20 heavy (non-hydrogen) atoms. The van der Waals surface area contributed by atoms with Crippen LogP contribution >= 0.6 is 0 Å². The molecule has 1 aromatic carbocycles. The Morgan fingerprint density at radius 3 is 2.75 bits per heavy atom. The zero-order valence-corrected chi connectivity index (χ0v) is 12.9. The third-order valence-electron chi connectivity index (χ3n) is 4.55. The average molecular weight is 277 g/mol. The largest absolute Gasteiger partial charge is 0.314 e. The molecular formula is C18H28FN. The van der Waals surface area contributed by atoms with Gasteiger partial charge in [0.25, 0.3) is 0 Å². The fourth-order valence-corrected chi connectivity index (χ4v) is 3.36. The summed E-state index contributed by atoms with van der Waals surface area (Å²) in [6.07, 6.45) is 8.91. The van der Waals surface area contributed by atoms with Gasteiger partial charge in [-0.2, -0.15) is 0 Å². The lowest BCUT2D eigenvalue weighted by Gasteiger charge is -2.23. The molecule has 0 heterocycles. The molecule has 2 heteroatoms. The van der Waals surface area contributed by atoms with Gasteiger partial charge in [-0.3, -0.25) is 0 Å². The zero-order chi connectivity index (χ0) is 14.4. The Morgan fingerprint density at radius 2 is 2.05 bits per heavy atom. The minimum Gasteiger partial charge on any atom is -0.314 e. The minimum absolute atomic E-state index is 0.110. The van der Waals surface area contributed by atoms with Gasteiger partial charge < -0.3 is 5.32 Å². The first-order valence-corrected chi connectivity index (χ1v) is 8.17. The van der Waals surface area contributed by atoms with Crippen LogP contribution in [-0.4, -0.2) is 12.6 Å². The number of aryl methyl sites for hydroxylation is 1. The summed E-state index contributed by atoms with van der Waals surface area (Å²) in [6, 6.07) is 5.67. The number of hydrogen-bond donors (Lipinski definition) is 1. The van der Waals surface area contributed by atoms with Gasteiger partial charge in [0.2, 0.25) is 0 Å². The Labute approximate surface area is 123 Å². The van der Waals surface area contributed by atoms with E-state index in [1.54, 1.807) is 12.1 Å². The Kier molecular flexibility index (Phi) is 6.03. The second-order valence-corrected chi connectivity index (χ2v) is 6.31. The molecule has 1 nitrogen and oxygen atoms in total. The van der Waals surface area contributed by atoms with E-state index in [0.29, 0.717) is 6.04 Å². The lowest BCUT2D eigenvalue weighted by Crippen LogP contribution is -2.33. The van der Waals surface area contributed by atoms with E-state index in [2.05, 4.69) is 19.2 Å². The van der Waals surface area contributed by atoms with Crippen molar-refractivity contribution >= 4 is 0 Å². The summed E-state index contributed by atoms with van der Waals surface area (Å²) in [5, 5.41) is 3.67. The van der Waals surface area contributed by atoms with Crippen molar-refractivity contribution in [1.82, 2.24) is 5.32 Å². The molecule has 1 unspecified atom stereocenters. The maximum absolute atomic E-state index is 13.4. The van der Waals surface area contributed by atoms with Crippen molar-refractivity contribution in [3.63, 3.8) is 0 Å². The van der Waals surface area contributed by atoms with E-state index in [4.69, 9.17) is 0 Å². The number of benzene rings is 1. The molecule has 1 aliphatic carbocycles. The van der Waals surface area contributed by atoms with Crippen LogP contribution in [0.5, 0.6) is 0 Å². The Hall–Kier alpha value is -0.890. The highest BCUT2D eigenvalue weighted by Gasteiger charge is 2.20. The van der Waals surface area contributed by atoms with Gasteiger partial charge in [-0.25, -0.2) is 4.39 Å². The van der Waals surface area contributed by atoms with Gasteiger partial charge in [0.05, 0.1) is 0 Å². The van der Waals surface area contributed by atoms with Crippen LogP contribution in [0.4, 0.5) is 4.39 Å². The van der Waals surface area contributed by atoms with Crippen LogP contribution in [0.25, 0.3) is 0 Å². The summed E-state index contributed by atoms with van der Waals surface area (Å²) in [6.45, 7) is 5.35. The number of rotatable bonds is 7. The van der Waals surface area contributed by atoms with Crippen LogP contribution in [0.1, 0.15) is 56.6 Å². The summed E-state index contributed by atoms with van der Waals surface area (Å²) >= 11 is 0. The Balaban J connectivity index is 1.99. The summed E-state index contributed by atoms with van der Waals surface area (Å²) in [4.78, 5) is 0. The highest BCUT2D eigenvalue weighted by Crippen LogP contribution is 2.29. The van der Waals surface area contributed by atoms with E-state index in [9.17, 15) is 4.39 Å². The number of hydrogen-bond acceptors (Lipinski definition) is 1. The van der Waals surface area contributed by atoms with Crippen LogP contribution in [0.3, 0.4) is 0 Å². The summed E-state index contributed by atoms with van der Waals surface area (Å²) in [5.74, 6) is 0.763. The second-order valence-electron chi connectivity index (χ2n) is 6.31. The van der Waals surface area contributed by atoms with Crippen molar-refractivity contribution in [2.75, 3.05) is 6.54 Å². The standard InChI is InChI=1S/C18H28FN/c1-3-10-20-18(11-15-6-4-5-7-15)13-16-12-17(19)9-8-14(16)2/h8-9,12,15,18,20H,3-7,10-11,13H2,1-2H3. The summed E-state index contributed by atoms with van der Waals surface area (Å²) in [5.41, 5.74) is 2.37. The van der Waals surface area contributed by atoms with Gasteiger partial charge in [-0.15, -0.1) is 0 Å². The quantitative estimate of drug-likeness (QED) is 0.766. The first-order valence-electron chi connectivity index (χ1n) is 8.17. The lowest BCUT2D eigenvalue weighted by atomic mass is 9.92. The fraction of sp³-hybridized carbons (Fsp3) is 0.667. The third-order valence-corrected chi connectivity index (χ3v) is 4.55. The van der Waals surface area contributed by atoms with Crippen molar-refractivity contribution in [2.24, 2.45) is 5.92 Å². The lowest BCUT2D eigenvalue weighted by molar-refractivity contribution is 0.384. The normalized spacial score (nSPS) is 17.6. The van der Waals surface area contributed by atoms with E-state index in [0.717, 1.165) is 30.9 Å². The van der Waals surface area contributed by atoms with Crippen LogP contribution in [0.15, 0.2) is 18.2 Å². The van der Waals surface area contributed by atoms with E-state index < -0.39 is 0 Å². The molecule has 1 aromatic rings. The molecule has 112 valence electrons. The molecule has 0 aromatic heterocycles. The Bertz CT molecular complexity index is 410. The van der Waals surface area contributed by atoms with Gasteiger partial charge >= 0.3 is 0 Å². The van der Waals surface area contributed by atoms with E-state index in [1.807, 2.05) is 6.07 Å². The van der Waals surface area contributed by atoms with Crippen LogP contribution in [-0.2, 0) is 6.42 Å². The fourth-order valence-electron chi connectivity index (χ4n) is 3.36. The van der Waals surface area contributed by atoms with Crippen LogP contribution in [0.2, 0.25) is 0 Å². The van der Waals surface area contributed by atoms with Crippen LogP contribution in [0, 0.1) is 18.7 Å². The molecule has 0 bridgehead atoms. The molecule has 1 atom stereocenters. The predicted molar refractivity (Wildman–Crippen MR) is 83.5 cm³/mol. The molecule has 0 spiro atoms. The molecule has 0 radical (unpaired) electrons. The molecule has 0 amide bonds. The average Bonchev–Trinajstić information content (AvgIpc) is 2.93. The molecule has 0 saturated heterocycles. The summed E-state index contributed by atoms with van der Waals surface area (Å²) in [7, 11) is 0. The first kappa shape index (κ1) is 15.5. The zero-order valence-electron chi connectivity index (χ0n) is 12.9. The SMILES string of the molecule is CCCNC(Cc1cc(F)ccc1C)CC1CCCC1. The van der Waals surface area contributed by atoms with Gasteiger partial charge in [0, 0.05) is 6.04 Å². The smallest absolute Gasteiger partial charge is 0.123 e. The van der Waals surface area contributed by atoms with Crippen molar-refractivity contribution < 1.29 is 4.39 Å². The molecule has 1 N–H and O–H groups in total.